The Kier molecular flexibility index (Phi) is 4.22. The second-order valence-electron chi connectivity index (χ2n) is 3.57. The molecule has 1 aromatic heterocycles. The van der Waals surface area contributed by atoms with Crippen LogP contribution in [0.5, 0.6) is 0 Å². The van der Waals surface area contributed by atoms with Gasteiger partial charge in [-0.15, -0.1) is 0 Å². The number of carbonyl (C=O) groups is 2. The summed E-state index contributed by atoms with van der Waals surface area (Å²) < 4.78 is 5.99. The fourth-order valence-corrected chi connectivity index (χ4v) is 1.73. The number of halogens is 1. The van der Waals surface area contributed by atoms with Crippen LogP contribution < -0.4 is 5.56 Å². The number of carbonyl (C=O) groups excluding carboxylic acids is 2. The first kappa shape index (κ1) is 13.6. The van der Waals surface area contributed by atoms with Crippen molar-refractivity contribution < 1.29 is 14.3 Å². The van der Waals surface area contributed by atoms with E-state index in [0.29, 0.717) is 0 Å². The summed E-state index contributed by atoms with van der Waals surface area (Å²) >= 11 is 3.06. The van der Waals surface area contributed by atoms with Crippen LogP contribution in [-0.4, -0.2) is 23.4 Å². The molecule has 92 valence electrons. The predicted molar refractivity (Wildman–Crippen MR) is 65.1 cm³/mol. The average molecular weight is 302 g/mol. The number of methoxy groups -OCH3 is 1. The molecule has 0 saturated heterocycles. The maximum absolute atomic E-state index is 11.8. The van der Waals surface area contributed by atoms with Crippen molar-refractivity contribution in [1.29, 1.82) is 0 Å². The minimum Gasteiger partial charge on any atom is -0.465 e. The molecule has 0 bridgehead atoms. The summed E-state index contributed by atoms with van der Waals surface area (Å²) in [7, 11) is 1.25. The Morgan fingerprint density at radius 1 is 1.47 bits per heavy atom. The lowest BCUT2D eigenvalue weighted by Crippen LogP contribution is -2.28. The third kappa shape index (κ3) is 2.82. The summed E-state index contributed by atoms with van der Waals surface area (Å²) in [4.78, 5) is 34.4. The number of Topliss-reactive ketones (excluding diaryl/α,β-unsaturated/α-hetero) is 1. The second-order valence-corrected chi connectivity index (χ2v) is 4.42. The van der Waals surface area contributed by atoms with E-state index in [2.05, 4.69) is 20.7 Å². The Morgan fingerprint density at radius 2 is 2.06 bits per heavy atom. The first-order chi connectivity index (χ1) is 7.88. The van der Waals surface area contributed by atoms with E-state index in [1.54, 1.807) is 6.92 Å². The van der Waals surface area contributed by atoms with Gasteiger partial charge >= 0.3 is 5.97 Å². The number of hydrogen-bond donors (Lipinski definition) is 0. The largest absolute Gasteiger partial charge is 0.465 e. The molecule has 0 aromatic carbocycles. The lowest BCUT2D eigenvalue weighted by atomic mass is 10.2. The molecule has 1 aromatic rings. The van der Waals surface area contributed by atoms with E-state index < -0.39 is 12.0 Å². The zero-order valence-corrected chi connectivity index (χ0v) is 11.3. The predicted octanol–water partition coefficient (Wildman–Crippen LogP) is 1.55. The maximum Gasteiger partial charge on any atom is 0.339 e. The molecule has 0 aliphatic rings. The Balaban J connectivity index is 3.40. The molecule has 1 rings (SSSR count). The molecule has 1 atom stereocenters. The molecular formula is C11H12BrNO4. The molecule has 0 aliphatic carbocycles. The van der Waals surface area contributed by atoms with Crippen molar-refractivity contribution in [1.82, 2.24) is 4.57 Å². The summed E-state index contributed by atoms with van der Waals surface area (Å²) in [6.45, 7) is 2.98. The number of aromatic nitrogens is 1. The van der Waals surface area contributed by atoms with Crippen LogP contribution in [0.3, 0.4) is 0 Å². The van der Waals surface area contributed by atoms with Crippen molar-refractivity contribution in [3.05, 3.63) is 32.7 Å². The van der Waals surface area contributed by atoms with Gasteiger partial charge in [0.15, 0.2) is 5.78 Å². The normalized spacial score (nSPS) is 12.0. The van der Waals surface area contributed by atoms with Crippen LogP contribution in [-0.2, 0) is 9.53 Å². The first-order valence-corrected chi connectivity index (χ1v) is 5.68. The van der Waals surface area contributed by atoms with Crippen molar-refractivity contribution in [2.24, 2.45) is 0 Å². The highest BCUT2D eigenvalue weighted by Crippen LogP contribution is 2.12. The van der Waals surface area contributed by atoms with Crippen LogP contribution in [0, 0.1) is 0 Å². The molecule has 0 spiro atoms. The first-order valence-electron chi connectivity index (χ1n) is 4.89. The number of hydrogen-bond acceptors (Lipinski definition) is 4. The molecule has 17 heavy (non-hydrogen) atoms. The van der Waals surface area contributed by atoms with E-state index >= 15 is 0 Å². The number of rotatable bonds is 3. The van der Waals surface area contributed by atoms with E-state index in [-0.39, 0.29) is 21.4 Å². The number of esters is 1. The minimum absolute atomic E-state index is 0.166. The third-order valence-electron chi connectivity index (χ3n) is 2.43. The molecule has 0 aliphatic heterocycles. The van der Waals surface area contributed by atoms with Gasteiger partial charge in [0.05, 0.1) is 23.2 Å². The van der Waals surface area contributed by atoms with Crippen molar-refractivity contribution in [3.8, 4) is 0 Å². The van der Waals surface area contributed by atoms with Gasteiger partial charge < -0.3 is 9.30 Å². The van der Waals surface area contributed by atoms with Gasteiger partial charge in [0.1, 0.15) is 0 Å². The molecule has 1 unspecified atom stereocenters. The van der Waals surface area contributed by atoms with Crippen molar-refractivity contribution >= 4 is 27.7 Å². The Morgan fingerprint density at radius 3 is 2.53 bits per heavy atom. The Hall–Kier alpha value is -1.43. The molecule has 0 saturated carbocycles. The second kappa shape index (κ2) is 5.27. The average Bonchev–Trinajstić information content (AvgIpc) is 2.30. The number of pyridine rings is 1. The fourth-order valence-electron chi connectivity index (χ4n) is 1.28. The molecular weight excluding hydrogens is 290 g/mol. The zero-order chi connectivity index (χ0) is 13.2. The summed E-state index contributed by atoms with van der Waals surface area (Å²) in [6.07, 6.45) is 1.32. The topological polar surface area (TPSA) is 65.4 Å². The van der Waals surface area contributed by atoms with Gasteiger partial charge in [-0.25, -0.2) is 4.79 Å². The van der Waals surface area contributed by atoms with Gasteiger partial charge in [0.25, 0.3) is 5.56 Å². The minimum atomic E-state index is -0.622. The van der Waals surface area contributed by atoms with Crippen LogP contribution in [0.2, 0.25) is 0 Å². The monoisotopic (exact) mass is 301 g/mol. The lowest BCUT2D eigenvalue weighted by Gasteiger charge is -2.13. The van der Waals surface area contributed by atoms with E-state index in [0.717, 1.165) is 0 Å². The summed E-state index contributed by atoms with van der Waals surface area (Å²) in [5, 5.41) is 0. The van der Waals surface area contributed by atoms with Crippen molar-refractivity contribution in [2.75, 3.05) is 7.11 Å². The zero-order valence-electron chi connectivity index (χ0n) is 9.69. The van der Waals surface area contributed by atoms with Crippen LogP contribution in [0.25, 0.3) is 0 Å². The summed E-state index contributed by atoms with van der Waals surface area (Å²) in [6, 6.07) is 0.751. The molecule has 1 heterocycles. The van der Waals surface area contributed by atoms with E-state index in [4.69, 9.17) is 0 Å². The van der Waals surface area contributed by atoms with Gasteiger partial charge in [0, 0.05) is 6.20 Å². The van der Waals surface area contributed by atoms with Gasteiger partial charge in [-0.2, -0.15) is 0 Å². The Bertz CT molecular complexity index is 521. The van der Waals surface area contributed by atoms with Crippen LogP contribution >= 0.6 is 15.9 Å². The maximum atomic E-state index is 11.8. The number of ketones is 1. The van der Waals surface area contributed by atoms with E-state index in [1.165, 1.54) is 30.9 Å². The van der Waals surface area contributed by atoms with E-state index in [9.17, 15) is 14.4 Å². The Labute approximate surface area is 107 Å². The van der Waals surface area contributed by atoms with Crippen LogP contribution in [0.15, 0.2) is 21.5 Å². The standard InChI is InChI=1S/C11H12BrNO4/c1-6(7(2)14)13-5-8(11(16)17-3)4-9(12)10(13)15/h4-6H,1-3H3. The van der Waals surface area contributed by atoms with Crippen LogP contribution in [0.4, 0.5) is 0 Å². The highest BCUT2D eigenvalue weighted by atomic mass is 79.9. The quantitative estimate of drug-likeness (QED) is 0.795. The van der Waals surface area contributed by atoms with Gasteiger partial charge in [-0.05, 0) is 35.8 Å². The molecule has 6 heteroatoms. The highest BCUT2D eigenvalue weighted by molar-refractivity contribution is 9.10. The molecule has 0 radical (unpaired) electrons. The van der Waals surface area contributed by atoms with Gasteiger partial charge in [0.2, 0.25) is 0 Å². The summed E-state index contributed by atoms with van der Waals surface area (Å²) in [5.74, 6) is -0.726. The highest BCUT2D eigenvalue weighted by Gasteiger charge is 2.17. The smallest absolute Gasteiger partial charge is 0.339 e. The molecule has 0 fully saturated rings. The molecule has 0 amide bonds. The number of nitrogens with zero attached hydrogens (tertiary/aromatic N) is 1. The van der Waals surface area contributed by atoms with Crippen LogP contribution in [0.1, 0.15) is 30.2 Å². The van der Waals surface area contributed by atoms with Gasteiger partial charge in [-0.3, -0.25) is 9.59 Å². The SMILES string of the molecule is COC(=O)c1cc(Br)c(=O)n(C(C)C(C)=O)c1. The lowest BCUT2D eigenvalue weighted by molar-refractivity contribution is -0.119. The fraction of sp³-hybridized carbons (Fsp3) is 0.364. The summed E-state index contributed by atoms with van der Waals surface area (Å²) in [5.41, 5.74) is -0.146. The van der Waals surface area contributed by atoms with Gasteiger partial charge in [-0.1, -0.05) is 0 Å². The molecule has 5 nitrogen and oxygen atoms in total. The molecule has 0 N–H and O–H groups in total. The van der Waals surface area contributed by atoms with Crippen molar-refractivity contribution in [2.45, 2.75) is 19.9 Å². The van der Waals surface area contributed by atoms with Crippen molar-refractivity contribution in [3.63, 3.8) is 0 Å². The number of ether oxygens (including phenoxy) is 1. The van der Waals surface area contributed by atoms with E-state index in [1.807, 2.05) is 0 Å². The third-order valence-corrected chi connectivity index (χ3v) is 2.99.